The average molecular weight is 330 g/mol. The number of hydrogen-bond acceptors (Lipinski definition) is 3. The predicted octanol–water partition coefficient (Wildman–Crippen LogP) is 4.19. The van der Waals surface area contributed by atoms with E-state index in [1.54, 1.807) is 0 Å². The normalized spacial score (nSPS) is 18.0. The van der Waals surface area contributed by atoms with E-state index in [1.807, 2.05) is 11.9 Å². The van der Waals surface area contributed by atoms with E-state index in [2.05, 4.69) is 52.5 Å². The summed E-state index contributed by atoms with van der Waals surface area (Å²) in [6.45, 7) is 6.47. The molecule has 0 aliphatic carbocycles. The Bertz CT molecular complexity index is 393. The highest BCUT2D eigenvalue weighted by Gasteiger charge is 2.20. The molecule has 0 spiro atoms. The molecule has 1 fully saturated rings. The van der Waals surface area contributed by atoms with Crippen molar-refractivity contribution in [3.63, 3.8) is 0 Å². The van der Waals surface area contributed by atoms with Gasteiger partial charge in [-0.05, 0) is 56.2 Å². The largest absolute Gasteiger partial charge is 0.490 e. The molecule has 2 rings (SSSR count). The van der Waals surface area contributed by atoms with E-state index in [0.29, 0.717) is 6.10 Å². The van der Waals surface area contributed by atoms with Gasteiger partial charge in [-0.2, -0.15) is 0 Å². The van der Waals surface area contributed by atoms with Gasteiger partial charge in [0.15, 0.2) is 0 Å². The van der Waals surface area contributed by atoms with E-state index in [4.69, 9.17) is 4.74 Å². The summed E-state index contributed by atoms with van der Waals surface area (Å²) in [6, 6.07) is 4.25. The van der Waals surface area contributed by atoms with Crippen molar-refractivity contribution in [3.05, 3.63) is 27.7 Å². The maximum Gasteiger partial charge on any atom is 0.120 e. The van der Waals surface area contributed by atoms with Gasteiger partial charge in [0.05, 0.1) is 0 Å². The quantitative estimate of drug-likeness (QED) is 0.771. The second kappa shape index (κ2) is 6.31. The second-order valence-corrected chi connectivity index (χ2v) is 6.47. The number of ether oxygens (including phenoxy) is 1. The van der Waals surface area contributed by atoms with Gasteiger partial charge in [0.25, 0.3) is 0 Å². The highest BCUT2D eigenvalue weighted by Crippen LogP contribution is 2.28. The van der Waals surface area contributed by atoms with Crippen molar-refractivity contribution in [1.82, 2.24) is 4.31 Å². The van der Waals surface area contributed by atoms with Crippen molar-refractivity contribution in [1.29, 1.82) is 0 Å². The summed E-state index contributed by atoms with van der Waals surface area (Å²) >= 11 is 5.42. The first-order valence-electron chi connectivity index (χ1n) is 6.32. The molecule has 0 aromatic heterocycles. The molecule has 4 heteroatoms. The summed E-state index contributed by atoms with van der Waals surface area (Å²) < 4.78 is 9.70. The van der Waals surface area contributed by atoms with E-state index in [-0.39, 0.29) is 0 Å². The molecule has 100 valence electrons. The van der Waals surface area contributed by atoms with E-state index in [9.17, 15) is 0 Å². The van der Waals surface area contributed by atoms with Crippen LogP contribution in [-0.4, -0.2) is 29.8 Å². The number of hydrogen-bond donors (Lipinski definition) is 0. The smallest absolute Gasteiger partial charge is 0.120 e. The summed E-state index contributed by atoms with van der Waals surface area (Å²) in [5.41, 5.74) is 2.48. The first kappa shape index (κ1) is 14.2. The van der Waals surface area contributed by atoms with Gasteiger partial charge in [0.2, 0.25) is 0 Å². The van der Waals surface area contributed by atoms with Gasteiger partial charge in [0, 0.05) is 17.6 Å². The minimum atomic E-state index is 0.369. The summed E-state index contributed by atoms with van der Waals surface area (Å²) in [4.78, 5) is 0. The van der Waals surface area contributed by atoms with E-state index < -0.39 is 0 Å². The zero-order valence-corrected chi connectivity index (χ0v) is 13.6. The lowest BCUT2D eigenvalue weighted by Gasteiger charge is -2.30. The van der Waals surface area contributed by atoms with Crippen LogP contribution in [-0.2, 0) is 0 Å². The SMILES string of the molecule is CSN1CCC(Oc2cc(C)c(Br)c(C)c2)CC1. The first-order chi connectivity index (χ1) is 8.60. The molecule has 1 aromatic rings. The molecule has 0 unspecified atom stereocenters. The van der Waals surface area contributed by atoms with Crippen LogP contribution in [0.4, 0.5) is 0 Å². The number of aryl methyl sites for hydroxylation is 2. The van der Waals surface area contributed by atoms with Crippen LogP contribution in [0.5, 0.6) is 5.75 Å². The molecule has 18 heavy (non-hydrogen) atoms. The van der Waals surface area contributed by atoms with Crippen LogP contribution >= 0.6 is 27.9 Å². The first-order valence-corrected chi connectivity index (χ1v) is 8.30. The monoisotopic (exact) mass is 329 g/mol. The Labute approximate surface area is 122 Å². The zero-order valence-electron chi connectivity index (χ0n) is 11.2. The van der Waals surface area contributed by atoms with Gasteiger partial charge in [-0.1, -0.05) is 27.9 Å². The molecular weight excluding hydrogens is 310 g/mol. The van der Waals surface area contributed by atoms with Crippen LogP contribution < -0.4 is 4.74 Å². The fourth-order valence-corrected chi connectivity index (χ4v) is 3.10. The highest BCUT2D eigenvalue weighted by atomic mass is 79.9. The van der Waals surface area contributed by atoms with Crippen molar-refractivity contribution < 1.29 is 4.74 Å². The van der Waals surface area contributed by atoms with Gasteiger partial charge in [-0.15, -0.1) is 0 Å². The number of halogens is 1. The molecule has 0 amide bonds. The number of piperidine rings is 1. The molecule has 1 aliphatic rings. The third-order valence-corrected chi connectivity index (χ3v) is 5.50. The van der Waals surface area contributed by atoms with Gasteiger partial charge >= 0.3 is 0 Å². The summed E-state index contributed by atoms with van der Waals surface area (Å²) in [6.07, 6.45) is 4.75. The molecular formula is C14H20BrNOS. The summed E-state index contributed by atoms with van der Waals surface area (Å²) in [7, 11) is 0. The molecule has 1 saturated heterocycles. The Kier molecular flexibility index (Phi) is 4.98. The molecule has 0 bridgehead atoms. The zero-order chi connectivity index (χ0) is 13.1. The Morgan fingerprint density at radius 2 is 1.78 bits per heavy atom. The average Bonchev–Trinajstić information content (AvgIpc) is 2.37. The van der Waals surface area contributed by atoms with Crippen LogP contribution in [0.15, 0.2) is 16.6 Å². The van der Waals surface area contributed by atoms with Gasteiger partial charge in [0.1, 0.15) is 11.9 Å². The Hall–Kier alpha value is -0.190. The molecule has 1 aromatic carbocycles. The van der Waals surface area contributed by atoms with Crippen molar-refractivity contribution in [2.75, 3.05) is 19.3 Å². The second-order valence-electron chi connectivity index (χ2n) is 4.80. The number of nitrogens with zero attached hydrogens (tertiary/aromatic N) is 1. The maximum absolute atomic E-state index is 6.11. The molecule has 0 atom stereocenters. The third kappa shape index (κ3) is 3.43. The van der Waals surface area contributed by atoms with Crippen LogP contribution in [0, 0.1) is 13.8 Å². The topological polar surface area (TPSA) is 12.5 Å². The minimum absolute atomic E-state index is 0.369. The van der Waals surface area contributed by atoms with Crippen LogP contribution in [0.1, 0.15) is 24.0 Å². The van der Waals surface area contributed by atoms with Crippen molar-refractivity contribution in [3.8, 4) is 5.75 Å². The van der Waals surface area contributed by atoms with Crippen molar-refractivity contribution in [2.45, 2.75) is 32.8 Å². The number of rotatable bonds is 3. The lowest BCUT2D eigenvalue weighted by molar-refractivity contribution is 0.139. The third-order valence-electron chi connectivity index (χ3n) is 3.37. The van der Waals surface area contributed by atoms with E-state index >= 15 is 0 Å². The lowest BCUT2D eigenvalue weighted by Crippen LogP contribution is -2.34. The van der Waals surface area contributed by atoms with E-state index in [1.165, 1.54) is 15.6 Å². The lowest BCUT2D eigenvalue weighted by atomic mass is 10.1. The molecule has 0 radical (unpaired) electrons. The summed E-state index contributed by atoms with van der Waals surface area (Å²) in [5, 5.41) is 0. The van der Waals surface area contributed by atoms with E-state index in [0.717, 1.165) is 31.7 Å². The predicted molar refractivity (Wildman–Crippen MR) is 82.4 cm³/mol. The fraction of sp³-hybridized carbons (Fsp3) is 0.571. The van der Waals surface area contributed by atoms with Crippen LogP contribution in [0.3, 0.4) is 0 Å². The fourth-order valence-electron chi connectivity index (χ4n) is 2.30. The standard InChI is InChI=1S/C14H20BrNOS/c1-10-8-13(9-11(2)14(10)15)17-12-4-6-16(18-3)7-5-12/h8-9,12H,4-7H2,1-3H3. The number of benzene rings is 1. The Balaban J connectivity index is 1.98. The Morgan fingerprint density at radius 1 is 1.22 bits per heavy atom. The highest BCUT2D eigenvalue weighted by molar-refractivity contribution is 9.10. The van der Waals surface area contributed by atoms with Crippen molar-refractivity contribution >= 4 is 27.9 Å². The molecule has 0 saturated carbocycles. The summed E-state index contributed by atoms with van der Waals surface area (Å²) in [5.74, 6) is 1.01. The molecule has 1 aliphatic heterocycles. The molecule has 1 heterocycles. The maximum atomic E-state index is 6.11. The van der Waals surface area contributed by atoms with Gasteiger partial charge < -0.3 is 4.74 Å². The van der Waals surface area contributed by atoms with Crippen LogP contribution in [0.2, 0.25) is 0 Å². The Morgan fingerprint density at radius 3 is 2.28 bits per heavy atom. The van der Waals surface area contributed by atoms with Crippen LogP contribution in [0.25, 0.3) is 0 Å². The van der Waals surface area contributed by atoms with Crippen molar-refractivity contribution in [2.24, 2.45) is 0 Å². The molecule has 2 nitrogen and oxygen atoms in total. The van der Waals surface area contributed by atoms with Gasteiger partial charge in [-0.25, -0.2) is 0 Å². The molecule has 0 N–H and O–H groups in total. The minimum Gasteiger partial charge on any atom is -0.490 e. The van der Waals surface area contributed by atoms with Gasteiger partial charge in [-0.3, -0.25) is 4.31 Å².